The van der Waals surface area contributed by atoms with Gasteiger partial charge in [-0.15, -0.1) is 0 Å². The van der Waals surface area contributed by atoms with E-state index in [2.05, 4.69) is 19.2 Å². The number of ether oxygens (including phenoxy) is 4. The monoisotopic (exact) mass is 277 g/mol. The first kappa shape index (κ1) is 18.8. The van der Waals surface area contributed by atoms with Crippen LogP contribution in [0.15, 0.2) is 0 Å². The summed E-state index contributed by atoms with van der Waals surface area (Å²) in [5.41, 5.74) is 0. The molecule has 5 nitrogen and oxygen atoms in total. The summed E-state index contributed by atoms with van der Waals surface area (Å²) in [4.78, 5) is 0. The Morgan fingerprint density at radius 3 is 1.42 bits per heavy atom. The van der Waals surface area contributed by atoms with Gasteiger partial charge in [0.15, 0.2) is 0 Å². The fourth-order valence-corrected chi connectivity index (χ4v) is 1.35. The zero-order valence-electron chi connectivity index (χ0n) is 12.6. The average Bonchev–Trinajstić information content (AvgIpc) is 2.43. The number of hydrogen-bond donors (Lipinski definition) is 1. The van der Waals surface area contributed by atoms with E-state index in [9.17, 15) is 0 Å². The average molecular weight is 277 g/mol. The predicted molar refractivity (Wildman–Crippen MR) is 76.2 cm³/mol. The molecule has 0 unspecified atom stereocenters. The molecule has 0 bridgehead atoms. The van der Waals surface area contributed by atoms with Crippen molar-refractivity contribution in [2.75, 3.05) is 53.1 Å². The van der Waals surface area contributed by atoms with Gasteiger partial charge in [-0.05, 0) is 25.7 Å². The third-order valence-corrected chi connectivity index (χ3v) is 2.26. The third kappa shape index (κ3) is 17.8. The fourth-order valence-electron chi connectivity index (χ4n) is 1.35. The van der Waals surface area contributed by atoms with Crippen LogP contribution in [-0.2, 0) is 18.9 Å². The minimum absolute atomic E-state index is 0.528. The predicted octanol–water partition coefficient (Wildman–Crippen LogP) is 2.16. The van der Waals surface area contributed by atoms with E-state index in [1.807, 2.05) is 0 Å². The Morgan fingerprint density at radius 1 is 0.579 bits per heavy atom. The van der Waals surface area contributed by atoms with Crippen molar-refractivity contribution in [1.82, 2.24) is 5.32 Å². The van der Waals surface area contributed by atoms with E-state index in [0.29, 0.717) is 13.5 Å². The van der Waals surface area contributed by atoms with Gasteiger partial charge in [-0.1, -0.05) is 13.8 Å². The molecule has 0 aliphatic carbocycles. The van der Waals surface area contributed by atoms with Gasteiger partial charge in [-0.25, -0.2) is 0 Å². The van der Waals surface area contributed by atoms with E-state index in [-0.39, 0.29) is 0 Å². The number of nitrogens with one attached hydrogen (secondary N) is 1. The van der Waals surface area contributed by atoms with Crippen molar-refractivity contribution < 1.29 is 18.9 Å². The van der Waals surface area contributed by atoms with Gasteiger partial charge in [0.25, 0.3) is 0 Å². The molecule has 0 aliphatic rings. The standard InChI is InChI=1S/C14H31NO4/c1-3-7-16-9-5-11-18-13-15-14-19-12-6-10-17-8-4-2/h15H,3-14H2,1-2H3. The highest BCUT2D eigenvalue weighted by Gasteiger charge is 1.91. The molecule has 0 saturated heterocycles. The molecule has 0 atom stereocenters. The molecule has 116 valence electrons. The minimum Gasteiger partial charge on any atom is -0.381 e. The smallest absolute Gasteiger partial charge is 0.0982 e. The van der Waals surface area contributed by atoms with E-state index in [1.54, 1.807) is 0 Å². The molecule has 0 aromatic carbocycles. The molecule has 0 aliphatic heterocycles. The van der Waals surface area contributed by atoms with Gasteiger partial charge in [0, 0.05) is 26.4 Å². The Kier molecular flexibility index (Phi) is 17.6. The Morgan fingerprint density at radius 2 is 1.00 bits per heavy atom. The van der Waals surface area contributed by atoms with Crippen LogP contribution >= 0.6 is 0 Å². The summed E-state index contributed by atoms with van der Waals surface area (Å²) in [6, 6.07) is 0. The number of rotatable bonds is 16. The van der Waals surface area contributed by atoms with Gasteiger partial charge in [0.2, 0.25) is 0 Å². The van der Waals surface area contributed by atoms with Crippen LogP contribution in [-0.4, -0.2) is 53.1 Å². The summed E-state index contributed by atoms with van der Waals surface area (Å²) in [6.07, 6.45) is 4.03. The first-order chi connectivity index (χ1) is 9.41. The molecule has 0 spiro atoms. The van der Waals surface area contributed by atoms with Crippen LogP contribution in [0, 0.1) is 0 Å². The highest BCUT2D eigenvalue weighted by molar-refractivity contribution is 4.37. The zero-order chi connectivity index (χ0) is 14.0. The summed E-state index contributed by atoms with van der Waals surface area (Å²) < 4.78 is 21.4. The highest BCUT2D eigenvalue weighted by atomic mass is 16.5. The molecule has 19 heavy (non-hydrogen) atoms. The van der Waals surface area contributed by atoms with Crippen LogP contribution in [0.1, 0.15) is 39.5 Å². The van der Waals surface area contributed by atoms with Gasteiger partial charge < -0.3 is 18.9 Å². The Bertz CT molecular complexity index is 142. The lowest BCUT2D eigenvalue weighted by Crippen LogP contribution is -2.22. The van der Waals surface area contributed by atoms with E-state index in [4.69, 9.17) is 18.9 Å². The van der Waals surface area contributed by atoms with Crippen LogP contribution in [0.2, 0.25) is 0 Å². The summed E-state index contributed by atoms with van der Waals surface area (Å²) in [5.74, 6) is 0. The number of hydrogen-bond acceptors (Lipinski definition) is 5. The lowest BCUT2D eigenvalue weighted by Gasteiger charge is -2.08. The summed E-state index contributed by atoms with van der Waals surface area (Å²) in [6.45, 7) is 9.96. The SMILES string of the molecule is CCCOCCCOCNCOCCCOCCC. The minimum atomic E-state index is 0.528. The van der Waals surface area contributed by atoms with Crippen molar-refractivity contribution in [2.45, 2.75) is 39.5 Å². The fraction of sp³-hybridized carbons (Fsp3) is 1.00. The lowest BCUT2D eigenvalue weighted by molar-refractivity contribution is 0.0378. The van der Waals surface area contributed by atoms with Crippen LogP contribution < -0.4 is 5.32 Å². The first-order valence-electron chi connectivity index (χ1n) is 7.43. The molecular formula is C14H31NO4. The molecular weight excluding hydrogens is 246 g/mol. The summed E-state index contributed by atoms with van der Waals surface area (Å²) in [7, 11) is 0. The van der Waals surface area contributed by atoms with Crippen LogP contribution in [0.3, 0.4) is 0 Å². The molecule has 5 heteroatoms. The summed E-state index contributed by atoms with van der Waals surface area (Å²) in [5, 5.41) is 3.06. The van der Waals surface area contributed by atoms with Crippen molar-refractivity contribution in [3.05, 3.63) is 0 Å². The molecule has 0 fully saturated rings. The second-order valence-corrected chi connectivity index (χ2v) is 4.29. The summed E-state index contributed by atoms with van der Waals surface area (Å²) >= 11 is 0. The normalized spacial score (nSPS) is 11.1. The molecule has 0 saturated carbocycles. The molecule has 0 amide bonds. The van der Waals surface area contributed by atoms with Crippen molar-refractivity contribution in [3.63, 3.8) is 0 Å². The van der Waals surface area contributed by atoms with Gasteiger partial charge in [0.05, 0.1) is 26.7 Å². The largest absolute Gasteiger partial charge is 0.381 e. The maximum Gasteiger partial charge on any atom is 0.0982 e. The quantitative estimate of drug-likeness (QED) is 0.346. The molecule has 0 rings (SSSR count). The highest BCUT2D eigenvalue weighted by Crippen LogP contribution is 1.87. The molecule has 1 N–H and O–H groups in total. The maximum absolute atomic E-state index is 5.38. The first-order valence-corrected chi connectivity index (χ1v) is 7.43. The van der Waals surface area contributed by atoms with E-state index >= 15 is 0 Å². The molecule has 0 aromatic heterocycles. The van der Waals surface area contributed by atoms with E-state index < -0.39 is 0 Å². The Hall–Kier alpha value is -0.200. The van der Waals surface area contributed by atoms with Gasteiger partial charge >= 0.3 is 0 Å². The van der Waals surface area contributed by atoms with Gasteiger partial charge in [0.1, 0.15) is 0 Å². The second-order valence-electron chi connectivity index (χ2n) is 4.29. The van der Waals surface area contributed by atoms with Crippen molar-refractivity contribution >= 4 is 0 Å². The zero-order valence-corrected chi connectivity index (χ0v) is 12.6. The van der Waals surface area contributed by atoms with E-state index in [0.717, 1.165) is 65.3 Å². The van der Waals surface area contributed by atoms with Crippen molar-refractivity contribution in [1.29, 1.82) is 0 Å². The third-order valence-electron chi connectivity index (χ3n) is 2.26. The lowest BCUT2D eigenvalue weighted by atomic mass is 10.5. The maximum atomic E-state index is 5.38. The van der Waals surface area contributed by atoms with E-state index in [1.165, 1.54) is 0 Å². The van der Waals surface area contributed by atoms with Crippen LogP contribution in [0.5, 0.6) is 0 Å². The van der Waals surface area contributed by atoms with Gasteiger partial charge in [-0.2, -0.15) is 0 Å². The van der Waals surface area contributed by atoms with Crippen molar-refractivity contribution in [2.24, 2.45) is 0 Å². The van der Waals surface area contributed by atoms with Crippen molar-refractivity contribution in [3.8, 4) is 0 Å². The topological polar surface area (TPSA) is 49.0 Å². The van der Waals surface area contributed by atoms with Gasteiger partial charge in [-0.3, -0.25) is 5.32 Å². The molecule has 0 aromatic rings. The second kappa shape index (κ2) is 17.8. The Balaban J connectivity index is 2.88. The molecule has 0 radical (unpaired) electrons. The van der Waals surface area contributed by atoms with Crippen LogP contribution in [0.25, 0.3) is 0 Å². The Labute approximate surface area is 117 Å². The molecule has 0 heterocycles. The van der Waals surface area contributed by atoms with Crippen LogP contribution in [0.4, 0.5) is 0 Å².